The van der Waals surface area contributed by atoms with Gasteiger partial charge in [-0.15, -0.1) is 0 Å². The van der Waals surface area contributed by atoms with Gasteiger partial charge in [-0.05, 0) is 31.2 Å². The summed E-state index contributed by atoms with van der Waals surface area (Å²) in [5.41, 5.74) is 0.992. The van der Waals surface area contributed by atoms with Gasteiger partial charge in [-0.25, -0.2) is 4.39 Å². The number of hydrogen-bond acceptors (Lipinski definition) is 2. The maximum Gasteiger partial charge on any atom is 0.141 e. The molecule has 0 heterocycles. The molecule has 0 aromatic heterocycles. The molecule has 0 atom stereocenters. The fourth-order valence-electron chi connectivity index (χ4n) is 1.16. The molecule has 2 nitrogen and oxygen atoms in total. The number of benzene rings is 1. The number of nitrogens with one attached hydrogen (secondary N) is 1. The molecule has 0 saturated heterocycles. The van der Waals surface area contributed by atoms with Crippen LogP contribution in [0.1, 0.15) is 5.56 Å². The minimum Gasteiger partial charge on any atom is -0.380 e. The molecule has 0 aliphatic heterocycles. The summed E-state index contributed by atoms with van der Waals surface area (Å²) in [5.74, 6) is -0.378. The highest BCUT2D eigenvalue weighted by atomic mass is 35.5. The van der Waals surface area contributed by atoms with E-state index in [0.29, 0.717) is 13.2 Å². The zero-order valence-corrected chi connectivity index (χ0v) is 9.48. The van der Waals surface area contributed by atoms with E-state index in [9.17, 15) is 4.39 Å². The molecular weight excluding hydrogens is 217 g/mol. The van der Waals surface area contributed by atoms with E-state index in [0.717, 1.165) is 18.5 Å². The van der Waals surface area contributed by atoms with E-state index in [2.05, 4.69) is 5.32 Å². The molecule has 84 valence electrons. The van der Waals surface area contributed by atoms with Gasteiger partial charge < -0.3 is 10.1 Å². The number of hydrogen-bond donors (Lipinski definition) is 1. The smallest absolute Gasteiger partial charge is 0.141 e. The Morgan fingerprint density at radius 1 is 1.40 bits per heavy atom. The Kier molecular flexibility index (Phi) is 5.61. The van der Waals surface area contributed by atoms with Crippen LogP contribution in [-0.2, 0) is 11.2 Å². The lowest BCUT2D eigenvalue weighted by Gasteiger charge is -2.04. The third-order valence-corrected chi connectivity index (χ3v) is 2.31. The Balaban J connectivity index is 2.28. The summed E-state index contributed by atoms with van der Waals surface area (Å²) < 4.78 is 18.2. The molecule has 1 aromatic carbocycles. The van der Waals surface area contributed by atoms with Gasteiger partial charge in [-0.1, -0.05) is 17.7 Å². The second kappa shape index (κ2) is 6.77. The summed E-state index contributed by atoms with van der Waals surface area (Å²) in [5, 5.41) is 3.16. The van der Waals surface area contributed by atoms with E-state index >= 15 is 0 Å². The van der Waals surface area contributed by atoms with E-state index in [1.54, 1.807) is 12.1 Å². The number of rotatable bonds is 6. The average molecular weight is 232 g/mol. The summed E-state index contributed by atoms with van der Waals surface area (Å²) in [6.45, 7) is 2.15. The van der Waals surface area contributed by atoms with Gasteiger partial charge in [0.15, 0.2) is 0 Å². The number of halogens is 2. The van der Waals surface area contributed by atoms with Crippen LogP contribution in [-0.4, -0.2) is 26.8 Å². The van der Waals surface area contributed by atoms with Gasteiger partial charge in [0.25, 0.3) is 0 Å². The Morgan fingerprint density at radius 2 is 2.20 bits per heavy atom. The normalized spacial score (nSPS) is 10.6. The van der Waals surface area contributed by atoms with Crippen molar-refractivity contribution in [1.29, 1.82) is 0 Å². The van der Waals surface area contributed by atoms with Crippen molar-refractivity contribution in [2.45, 2.75) is 6.42 Å². The summed E-state index contributed by atoms with van der Waals surface area (Å²) in [7, 11) is 1.88. The van der Waals surface area contributed by atoms with E-state index in [-0.39, 0.29) is 10.8 Å². The first-order valence-corrected chi connectivity index (χ1v) is 5.28. The van der Waals surface area contributed by atoms with Gasteiger partial charge in [0.2, 0.25) is 0 Å². The molecule has 0 unspecified atom stereocenters. The SMILES string of the molecule is CNCCOCCc1ccc(F)c(Cl)c1. The van der Waals surface area contributed by atoms with Crippen LogP contribution in [0.3, 0.4) is 0 Å². The molecule has 0 saturated carbocycles. The van der Waals surface area contributed by atoms with Crippen molar-refractivity contribution in [1.82, 2.24) is 5.32 Å². The van der Waals surface area contributed by atoms with Crippen molar-refractivity contribution in [2.75, 3.05) is 26.8 Å². The highest BCUT2D eigenvalue weighted by Crippen LogP contribution is 2.16. The average Bonchev–Trinajstić information content (AvgIpc) is 2.23. The highest BCUT2D eigenvalue weighted by molar-refractivity contribution is 6.30. The molecule has 0 radical (unpaired) electrons. The molecule has 1 aromatic rings. The molecule has 1 rings (SSSR count). The van der Waals surface area contributed by atoms with Crippen LogP contribution in [0.25, 0.3) is 0 Å². The molecule has 0 spiro atoms. The minimum atomic E-state index is -0.378. The molecule has 0 bridgehead atoms. The quantitative estimate of drug-likeness (QED) is 0.759. The predicted molar refractivity (Wildman–Crippen MR) is 59.9 cm³/mol. The maximum atomic E-state index is 12.8. The van der Waals surface area contributed by atoms with Crippen LogP contribution in [0.2, 0.25) is 5.02 Å². The lowest BCUT2D eigenvalue weighted by atomic mass is 10.1. The van der Waals surface area contributed by atoms with Crippen molar-refractivity contribution in [2.24, 2.45) is 0 Å². The van der Waals surface area contributed by atoms with Gasteiger partial charge in [0.1, 0.15) is 5.82 Å². The van der Waals surface area contributed by atoms with Crippen molar-refractivity contribution in [3.05, 3.63) is 34.6 Å². The standard InChI is InChI=1S/C11H15ClFNO/c1-14-5-7-15-6-4-9-2-3-11(13)10(12)8-9/h2-3,8,14H,4-7H2,1H3. The second-order valence-electron chi connectivity index (χ2n) is 3.21. The molecule has 15 heavy (non-hydrogen) atoms. The van der Waals surface area contributed by atoms with Gasteiger partial charge in [0.05, 0.1) is 18.2 Å². The first kappa shape index (κ1) is 12.4. The molecule has 1 N–H and O–H groups in total. The topological polar surface area (TPSA) is 21.3 Å². The van der Waals surface area contributed by atoms with Crippen molar-refractivity contribution in [3.63, 3.8) is 0 Å². The van der Waals surface area contributed by atoms with E-state index < -0.39 is 0 Å². The van der Waals surface area contributed by atoms with Crippen molar-refractivity contribution >= 4 is 11.6 Å². The lowest BCUT2D eigenvalue weighted by Crippen LogP contribution is -2.15. The molecule has 4 heteroatoms. The predicted octanol–water partition coefficient (Wildman–Crippen LogP) is 2.26. The van der Waals surface area contributed by atoms with Gasteiger partial charge in [-0.2, -0.15) is 0 Å². The Labute approximate surface area is 94.4 Å². The van der Waals surface area contributed by atoms with Crippen LogP contribution in [0, 0.1) is 5.82 Å². The fraction of sp³-hybridized carbons (Fsp3) is 0.455. The van der Waals surface area contributed by atoms with Gasteiger partial charge in [0, 0.05) is 6.54 Å². The van der Waals surface area contributed by atoms with Gasteiger partial charge >= 0.3 is 0 Å². The summed E-state index contributed by atoms with van der Waals surface area (Å²) >= 11 is 5.65. The van der Waals surface area contributed by atoms with Crippen LogP contribution in [0.4, 0.5) is 4.39 Å². The first-order valence-electron chi connectivity index (χ1n) is 4.90. The van der Waals surface area contributed by atoms with E-state index in [1.165, 1.54) is 6.07 Å². The fourth-order valence-corrected chi connectivity index (χ4v) is 1.36. The molecule has 0 fully saturated rings. The largest absolute Gasteiger partial charge is 0.380 e. The number of ether oxygens (including phenoxy) is 1. The highest BCUT2D eigenvalue weighted by Gasteiger charge is 2.00. The summed E-state index contributed by atoms with van der Waals surface area (Å²) in [6.07, 6.45) is 0.754. The zero-order chi connectivity index (χ0) is 11.1. The van der Waals surface area contributed by atoms with E-state index in [4.69, 9.17) is 16.3 Å². The third-order valence-electron chi connectivity index (χ3n) is 2.02. The van der Waals surface area contributed by atoms with Crippen LogP contribution in [0.15, 0.2) is 18.2 Å². The second-order valence-corrected chi connectivity index (χ2v) is 3.62. The summed E-state index contributed by atoms with van der Waals surface area (Å²) in [6, 6.07) is 4.74. The summed E-state index contributed by atoms with van der Waals surface area (Å²) in [4.78, 5) is 0. The maximum absolute atomic E-state index is 12.8. The van der Waals surface area contributed by atoms with Crippen LogP contribution >= 0.6 is 11.6 Å². The number of likely N-dealkylation sites (N-methyl/N-ethyl adjacent to an activating group) is 1. The van der Waals surface area contributed by atoms with Crippen LogP contribution in [0.5, 0.6) is 0 Å². The molecule has 0 aliphatic carbocycles. The Hall–Kier alpha value is -0.640. The Morgan fingerprint density at radius 3 is 2.87 bits per heavy atom. The molecular formula is C11H15ClFNO. The van der Waals surface area contributed by atoms with Crippen molar-refractivity contribution < 1.29 is 9.13 Å². The van der Waals surface area contributed by atoms with Crippen LogP contribution < -0.4 is 5.32 Å². The monoisotopic (exact) mass is 231 g/mol. The third kappa shape index (κ3) is 4.60. The lowest BCUT2D eigenvalue weighted by molar-refractivity contribution is 0.140. The minimum absolute atomic E-state index is 0.169. The first-order chi connectivity index (χ1) is 7.24. The Bertz CT molecular complexity index is 307. The zero-order valence-electron chi connectivity index (χ0n) is 8.72. The van der Waals surface area contributed by atoms with Crippen molar-refractivity contribution in [3.8, 4) is 0 Å². The van der Waals surface area contributed by atoms with E-state index in [1.807, 2.05) is 7.05 Å². The molecule has 0 amide bonds. The molecule has 0 aliphatic rings. The van der Waals surface area contributed by atoms with Gasteiger partial charge in [-0.3, -0.25) is 0 Å².